The van der Waals surface area contributed by atoms with E-state index in [-0.39, 0.29) is 11.6 Å². The number of nitro benzene ring substituents is 1. The molecule has 0 atom stereocenters. The highest BCUT2D eigenvalue weighted by atomic mass is 16.9. The Bertz CT molecular complexity index is 849. The molecule has 12 nitrogen and oxygen atoms in total. The van der Waals surface area contributed by atoms with Gasteiger partial charge in [0.2, 0.25) is 5.96 Å². The third-order valence-electron chi connectivity index (χ3n) is 2.71. The number of hydrogen-bond acceptors (Lipinski definition) is 6. The molecule has 0 saturated carbocycles. The van der Waals surface area contributed by atoms with Crippen molar-refractivity contribution in [3.8, 4) is 5.69 Å². The number of aromatic nitrogens is 1. The van der Waals surface area contributed by atoms with Crippen molar-refractivity contribution >= 4 is 23.9 Å². The van der Waals surface area contributed by atoms with Crippen LogP contribution >= 0.6 is 0 Å². The quantitative estimate of drug-likeness (QED) is 0.309. The van der Waals surface area contributed by atoms with Gasteiger partial charge in [0.05, 0.1) is 4.92 Å². The van der Waals surface area contributed by atoms with Crippen LogP contribution in [0, 0.1) is 20.2 Å². The van der Waals surface area contributed by atoms with Crippen LogP contribution in [-0.2, 0) is 0 Å². The lowest BCUT2D eigenvalue weighted by molar-refractivity contribution is -0.742. The van der Waals surface area contributed by atoms with Gasteiger partial charge in [-0.25, -0.2) is 0 Å². The summed E-state index contributed by atoms with van der Waals surface area (Å²) in [7, 11) is 0. The predicted molar refractivity (Wildman–Crippen MR) is 94.5 cm³/mol. The van der Waals surface area contributed by atoms with Gasteiger partial charge in [-0.3, -0.25) is 10.1 Å². The number of allylic oxidation sites excluding steroid dienone is 1. The fourth-order valence-electron chi connectivity index (χ4n) is 1.85. The van der Waals surface area contributed by atoms with Crippen LogP contribution in [0.15, 0.2) is 58.9 Å². The van der Waals surface area contributed by atoms with Crippen molar-refractivity contribution in [3.63, 3.8) is 0 Å². The van der Waals surface area contributed by atoms with Crippen molar-refractivity contribution < 1.29 is 15.2 Å². The van der Waals surface area contributed by atoms with Crippen LogP contribution in [0.2, 0.25) is 0 Å². The first-order chi connectivity index (χ1) is 12.3. The number of nitro groups is 1. The molecule has 0 radical (unpaired) electrons. The molecule has 1 heterocycles. The van der Waals surface area contributed by atoms with Gasteiger partial charge >= 0.3 is 0 Å². The van der Waals surface area contributed by atoms with Gasteiger partial charge in [0.1, 0.15) is 5.69 Å². The highest BCUT2D eigenvalue weighted by Gasteiger charge is 2.14. The zero-order valence-corrected chi connectivity index (χ0v) is 13.2. The molecule has 1 aromatic heterocycles. The predicted octanol–water partition coefficient (Wildman–Crippen LogP) is 1.31. The second-order valence-corrected chi connectivity index (χ2v) is 4.44. The van der Waals surface area contributed by atoms with Gasteiger partial charge in [-0.1, -0.05) is 12.1 Å². The number of benzene rings is 1. The second kappa shape index (κ2) is 9.82. The highest BCUT2D eigenvalue weighted by molar-refractivity contribution is 5.80. The molecule has 1 aromatic carbocycles. The van der Waals surface area contributed by atoms with E-state index in [4.69, 9.17) is 26.8 Å². The van der Waals surface area contributed by atoms with Crippen LogP contribution in [-0.4, -0.2) is 32.0 Å². The molecule has 0 aliphatic heterocycles. The smallest absolute Gasteiger partial charge is 0.293 e. The van der Waals surface area contributed by atoms with Crippen LogP contribution in [0.4, 0.5) is 5.69 Å². The number of rotatable bonds is 5. The lowest BCUT2D eigenvalue weighted by atomic mass is 10.2. The third kappa shape index (κ3) is 6.49. The topological polar surface area (TPSA) is 188 Å². The van der Waals surface area contributed by atoms with Crippen LogP contribution in [0.3, 0.4) is 0 Å². The summed E-state index contributed by atoms with van der Waals surface area (Å²) >= 11 is 0. The van der Waals surface area contributed by atoms with Crippen molar-refractivity contribution in [2.24, 2.45) is 21.7 Å². The molecule has 5 N–H and O–H groups in total. The maximum Gasteiger partial charge on any atom is 0.293 e. The summed E-state index contributed by atoms with van der Waals surface area (Å²) in [6.45, 7) is 0. The maximum absolute atomic E-state index is 11.1. The van der Waals surface area contributed by atoms with Crippen molar-refractivity contribution in [2.45, 2.75) is 0 Å². The Morgan fingerprint density at radius 1 is 1.15 bits per heavy atom. The molecule has 0 aliphatic rings. The maximum atomic E-state index is 11.1. The fraction of sp³-hybridized carbons (Fsp3) is 0. The molecule has 0 amide bonds. The Balaban J connectivity index is 0.000000765. The highest BCUT2D eigenvalue weighted by Crippen LogP contribution is 2.24. The summed E-state index contributed by atoms with van der Waals surface area (Å²) in [4.78, 5) is 19.1. The summed E-state index contributed by atoms with van der Waals surface area (Å²) in [6, 6.07) is 10.1. The molecule has 0 bridgehead atoms. The zero-order chi connectivity index (χ0) is 19.5. The minimum absolute atomic E-state index is 0.0301. The first kappa shape index (κ1) is 19.8. The van der Waals surface area contributed by atoms with Gasteiger partial charge in [0.15, 0.2) is 0 Å². The Kier molecular flexibility index (Phi) is 7.48. The van der Waals surface area contributed by atoms with E-state index in [1.165, 1.54) is 12.3 Å². The summed E-state index contributed by atoms with van der Waals surface area (Å²) in [5.41, 5.74) is 11.5. The Morgan fingerprint density at radius 2 is 1.81 bits per heavy atom. The molecule has 12 heteroatoms. The largest absolute Gasteiger partial charge is 0.369 e. The van der Waals surface area contributed by atoms with E-state index in [9.17, 15) is 10.1 Å². The normalized spacial score (nSPS) is 10.3. The Labute approximate surface area is 146 Å². The van der Waals surface area contributed by atoms with Crippen molar-refractivity contribution in [2.75, 3.05) is 0 Å². The van der Waals surface area contributed by atoms with Crippen LogP contribution in [0.5, 0.6) is 0 Å². The van der Waals surface area contributed by atoms with E-state index < -0.39 is 10.0 Å². The molecular weight excluding hydrogens is 346 g/mol. The van der Waals surface area contributed by atoms with Gasteiger partial charge in [-0.05, 0) is 30.4 Å². The van der Waals surface area contributed by atoms with Gasteiger partial charge in [0, 0.05) is 24.2 Å². The monoisotopic (exact) mass is 361 g/mol. The van der Waals surface area contributed by atoms with Crippen molar-refractivity contribution in [3.05, 3.63) is 74.6 Å². The van der Waals surface area contributed by atoms with Crippen LogP contribution in [0.1, 0.15) is 5.69 Å². The van der Waals surface area contributed by atoms with Gasteiger partial charge in [0.25, 0.3) is 10.8 Å². The van der Waals surface area contributed by atoms with E-state index in [1.807, 2.05) is 6.07 Å². The first-order valence-electron chi connectivity index (χ1n) is 6.86. The second-order valence-electron chi connectivity index (χ2n) is 4.44. The SMILES string of the molecule is NC(N)=N/N=C/C=C/c1cccn1-c1ccccc1[N+](=O)[O-].O=[N+]([O-])O. The number of guanidine groups is 1. The molecule has 0 spiro atoms. The molecule has 2 aromatic rings. The molecule has 136 valence electrons. The van der Waals surface area contributed by atoms with Gasteiger partial charge < -0.3 is 21.2 Å². The lowest BCUT2D eigenvalue weighted by Crippen LogP contribution is -2.21. The summed E-state index contributed by atoms with van der Waals surface area (Å²) in [5.74, 6) is -0.132. The number of nitrogens with zero attached hydrogens (tertiary/aromatic N) is 5. The third-order valence-corrected chi connectivity index (χ3v) is 2.71. The number of hydrogen-bond donors (Lipinski definition) is 3. The summed E-state index contributed by atoms with van der Waals surface area (Å²) in [5, 5.41) is 31.8. The molecule has 0 fully saturated rings. The average molecular weight is 361 g/mol. The average Bonchev–Trinajstić information content (AvgIpc) is 3.02. The zero-order valence-electron chi connectivity index (χ0n) is 13.2. The molecule has 2 rings (SSSR count). The van der Waals surface area contributed by atoms with Crippen LogP contribution in [0.25, 0.3) is 11.8 Å². The first-order valence-corrected chi connectivity index (χ1v) is 6.86. The van der Waals surface area contributed by atoms with E-state index in [1.54, 1.807) is 47.2 Å². The molecular formula is C14H15N7O5. The summed E-state index contributed by atoms with van der Waals surface area (Å²) in [6.07, 6.45) is 6.53. The van der Waals surface area contributed by atoms with Crippen molar-refractivity contribution in [1.82, 2.24) is 4.57 Å². The molecule has 26 heavy (non-hydrogen) atoms. The van der Waals surface area contributed by atoms with E-state index in [0.717, 1.165) is 5.69 Å². The Hall–Kier alpha value is -4.22. The standard InChI is InChI=1S/C14H14N6O2.HNO3/c15-14(16)18-17-9-3-5-11-6-4-10-19(11)12-7-1-2-8-13(12)20(21)22;2-1(3)4/h1-10H,(H4,15,16,18);(H,2,3,4)/b5-3+,17-9+;. The minimum atomic E-state index is -1.50. The lowest BCUT2D eigenvalue weighted by Gasteiger charge is -2.06. The van der Waals surface area contributed by atoms with E-state index >= 15 is 0 Å². The van der Waals surface area contributed by atoms with Gasteiger partial charge in [-0.2, -0.15) is 5.10 Å². The van der Waals surface area contributed by atoms with Gasteiger partial charge in [-0.15, -0.1) is 15.2 Å². The van der Waals surface area contributed by atoms with Crippen LogP contribution < -0.4 is 11.5 Å². The fourth-order valence-corrected chi connectivity index (χ4v) is 1.85. The Morgan fingerprint density at radius 3 is 2.42 bits per heavy atom. The van der Waals surface area contributed by atoms with E-state index in [0.29, 0.717) is 5.69 Å². The van der Waals surface area contributed by atoms with Crippen molar-refractivity contribution in [1.29, 1.82) is 0 Å². The molecule has 0 saturated heterocycles. The number of nitrogens with two attached hydrogens (primary N) is 2. The molecule has 0 unspecified atom stereocenters. The molecule has 0 aliphatic carbocycles. The minimum Gasteiger partial charge on any atom is -0.369 e. The summed E-state index contributed by atoms with van der Waals surface area (Å²) < 4.78 is 1.71. The van der Waals surface area contributed by atoms with E-state index in [2.05, 4.69) is 10.2 Å². The number of para-hydroxylation sites is 2.